The van der Waals surface area contributed by atoms with Crippen molar-refractivity contribution in [2.75, 3.05) is 0 Å². The third-order valence-corrected chi connectivity index (χ3v) is 3.49. The van der Waals surface area contributed by atoms with Crippen LogP contribution in [0, 0.1) is 6.92 Å². The first-order chi connectivity index (χ1) is 11.3. The summed E-state index contributed by atoms with van der Waals surface area (Å²) in [5, 5.41) is 9.01. The van der Waals surface area contributed by atoms with Gasteiger partial charge in [0.25, 0.3) is 11.8 Å². The lowest BCUT2D eigenvalue weighted by molar-refractivity contribution is 0.264. The summed E-state index contributed by atoms with van der Waals surface area (Å²) in [4.78, 5) is 0. The summed E-state index contributed by atoms with van der Waals surface area (Å²) in [5.74, 6) is 2.07. The molecule has 0 atom stereocenters. The maximum absolute atomic E-state index is 5.71. The molecule has 2 aromatic heterocycles. The molecule has 5 heteroatoms. The maximum Gasteiger partial charge on any atom is 0.283 e. The minimum Gasteiger partial charge on any atom is -0.484 e. The summed E-state index contributed by atoms with van der Waals surface area (Å²) >= 11 is 0. The maximum atomic E-state index is 5.71. The molecule has 2 heterocycles. The topological polar surface area (TPSA) is 61.3 Å². The van der Waals surface area contributed by atoms with Crippen molar-refractivity contribution in [2.45, 2.75) is 13.5 Å². The highest BCUT2D eigenvalue weighted by Crippen LogP contribution is 2.26. The first kappa shape index (κ1) is 13.6. The number of benzene rings is 2. The van der Waals surface area contributed by atoms with Crippen LogP contribution in [0.2, 0.25) is 0 Å². The molecule has 0 radical (unpaired) electrons. The Labute approximate surface area is 132 Å². The predicted molar refractivity (Wildman–Crippen MR) is 85.0 cm³/mol. The van der Waals surface area contributed by atoms with Gasteiger partial charge >= 0.3 is 0 Å². The van der Waals surface area contributed by atoms with Crippen LogP contribution < -0.4 is 4.74 Å². The Hall–Kier alpha value is -3.08. The van der Waals surface area contributed by atoms with Crippen LogP contribution in [0.4, 0.5) is 0 Å². The summed E-state index contributed by atoms with van der Waals surface area (Å²) in [7, 11) is 0. The van der Waals surface area contributed by atoms with Crippen molar-refractivity contribution in [1.82, 2.24) is 10.2 Å². The van der Waals surface area contributed by atoms with Crippen molar-refractivity contribution in [2.24, 2.45) is 0 Å². The van der Waals surface area contributed by atoms with Gasteiger partial charge in [-0.2, -0.15) is 0 Å². The lowest BCUT2D eigenvalue weighted by Gasteiger charge is -2.02. The zero-order chi connectivity index (χ0) is 15.6. The third-order valence-electron chi connectivity index (χ3n) is 3.49. The second-order valence-corrected chi connectivity index (χ2v) is 5.25. The summed E-state index contributed by atoms with van der Waals surface area (Å²) in [5.41, 5.74) is 1.97. The van der Waals surface area contributed by atoms with Gasteiger partial charge in [0.1, 0.15) is 11.3 Å². The molecule has 0 saturated heterocycles. The minimum absolute atomic E-state index is 0.219. The van der Waals surface area contributed by atoms with Gasteiger partial charge < -0.3 is 13.6 Å². The van der Waals surface area contributed by atoms with Crippen LogP contribution in [0.1, 0.15) is 11.5 Å². The largest absolute Gasteiger partial charge is 0.484 e. The van der Waals surface area contributed by atoms with Crippen molar-refractivity contribution in [3.8, 4) is 17.4 Å². The zero-order valence-corrected chi connectivity index (χ0v) is 12.5. The number of aryl methyl sites for hydroxylation is 1. The van der Waals surface area contributed by atoms with E-state index in [0.29, 0.717) is 17.5 Å². The van der Waals surface area contributed by atoms with Gasteiger partial charge in [-0.05, 0) is 31.2 Å². The summed E-state index contributed by atoms with van der Waals surface area (Å²) in [6.45, 7) is 2.25. The monoisotopic (exact) mass is 306 g/mol. The average Bonchev–Trinajstić information content (AvgIpc) is 3.21. The normalized spacial score (nSPS) is 11.0. The van der Waals surface area contributed by atoms with Gasteiger partial charge in [0.15, 0.2) is 12.4 Å². The van der Waals surface area contributed by atoms with E-state index in [4.69, 9.17) is 13.6 Å². The van der Waals surface area contributed by atoms with Crippen molar-refractivity contribution >= 4 is 11.0 Å². The molecule has 0 aliphatic rings. The molecule has 23 heavy (non-hydrogen) atoms. The lowest BCUT2D eigenvalue weighted by atomic mass is 10.2. The van der Waals surface area contributed by atoms with Gasteiger partial charge in [-0.15, -0.1) is 10.2 Å². The van der Waals surface area contributed by atoms with Gasteiger partial charge in [0.2, 0.25) is 0 Å². The quantitative estimate of drug-likeness (QED) is 0.560. The Balaban J connectivity index is 1.51. The Kier molecular flexibility index (Phi) is 3.31. The number of hydrogen-bond acceptors (Lipinski definition) is 5. The fourth-order valence-corrected chi connectivity index (χ4v) is 2.28. The zero-order valence-electron chi connectivity index (χ0n) is 12.5. The molecule has 114 valence electrons. The lowest BCUT2D eigenvalue weighted by Crippen LogP contribution is -1.95. The van der Waals surface area contributed by atoms with Crippen molar-refractivity contribution in [3.63, 3.8) is 0 Å². The van der Waals surface area contributed by atoms with Gasteiger partial charge in [-0.3, -0.25) is 0 Å². The molecule has 0 bridgehead atoms. The summed E-state index contributed by atoms with van der Waals surface area (Å²) in [6, 6.07) is 17.4. The van der Waals surface area contributed by atoms with Crippen molar-refractivity contribution in [1.29, 1.82) is 0 Å². The predicted octanol–water partition coefficient (Wildman–Crippen LogP) is 4.37. The molecule has 0 saturated carbocycles. The number of nitrogens with zero attached hydrogens (tertiary/aromatic N) is 2. The molecular formula is C18H14N2O3. The molecule has 0 unspecified atom stereocenters. The summed E-state index contributed by atoms with van der Waals surface area (Å²) < 4.78 is 16.9. The molecule has 0 N–H and O–H groups in total. The fourth-order valence-electron chi connectivity index (χ4n) is 2.28. The molecule has 4 aromatic rings. The molecule has 2 aromatic carbocycles. The van der Waals surface area contributed by atoms with Crippen LogP contribution in [-0.2, 0) is 6.61 Å². The van der Waals surface area contributed by atoms with E-state index in [2.05, 4.69) is 10.2 Å². The first-order valence-electron chi connectivity index (χ1n) is 7.29. The standard InChI is InChI=1S/C18H14N2O3/c1-12-6-8-14(9-7-12)21-11-17-19-20-18(23-17)16-10-13-4-2-3-5-15(13)22-16/h2-10H,11H2,1H3. The number of rotatable bonds is 4. The third kappa shape index (κ3) is 2.81. The van der Waals surface area contributed by atoms with Crippen LogP contribution in [0.25, 0.3) is 22.6 Å². The van der Waals surface area contributed by atoms with Crippen molar-refractivity contribution < 1.29 is 13.6 Å². The van der Waals surface area contributed by atoms with Crippen LogP contribution in [0.15, 0.2) is 63.4 Å². The first-order valence-corrected chi connectivity index (χ1v) is 7.29. The molecule has 0 amide bonds. The molecule has 0 aliphatic heterocycles. The number of para-hydroxylation sites is 1. The molecule has 0 aliphatic carbocycles. The molecular weight excluding hydrogens is 292 g/mol. The van der Waals surface area contributed by atoms with Crippen LogP contribution in [0.3, 0.4) is 0 Å². The minimum atomic E-state index is 0.219. The Bertz CT molecular complexity index is 905. The van der Waals surface area contributed by atoms with E-state index in [1.807, 2.05) is 61.5 Å². The highest BCUT2D eigenvalue weighted by atomic mass is 16.5. The number of ether oxygens (including phenoxy) is 1. The Morgan fingerprint density at radius 3 is 2.61 bits per heavy atom. The number of fused-ring (bicyclic) bond motifs is 1. The molecule has 4 rings (SSSR count). The van der Waals surface area contributed by atoms with E-state index < -0.39 is 0 Å². The highest BCUT2D eigenvalue weighted by molar-refractivity contribution is 5.81. The van der Waals surface area contributed by atoms with Crippen LogP contribution >= 0.6 is 0 Å². The van der Waals surface area contributed by atoms with E-state index in [9.17, 15) is 0 Å². The van der Waals surface area contributed by atoms with E-state index in [0.717, 1.165) is 16.7 Å². The molecule has 5 nitrogen and oxygen atoms in total. The number of aromatic nitrogens is 2. The van der Waals surface area contributed by atoms with Gasteiger partial charge in [0.05, 0.1) is 0 Å². The van der Waals surface area contributed by atoms with Gasteiger partial charge in [-0.25, -0.2) is 0 Å². The average molecular weight is 306 g/mol. The highest BCUT2D eigenvalue weighted by Gasteiger charge is 2.13. The fraction of sp³-hybridized carbons (Fsp3) is 0.111. The van der Waals surface area contributed by atoms with Crippen molar-refractivity contribution in [3.05, 3.63) is 66.1 Å². The van der Waals surface area contributed by atoms with E-state index in [-0.39, 0.29) is 6.61 Å². The molecule has 0 fully saturated rings. The Morgan fingerprint density at radius 1 is 0.957 bits per heavy atom. The molecule has 0 spiro atoms. The van der Waals surface area contributed by atoms with Crippen LogP contribution in [0.5, 0.6) is 5.75 Å². The SMILES string of the molecule is Cc1ccc(OCc2nnc(-c3cc4ccccc4o3)o2)cc1. The smallest absolute Gasteiger partial charge is 0.283 e. The number of furan rings is 1. The summed E-state index contributed by atoms with van der Waals surface area (Å²) in [6.07, 6.45) is 0. The van der Waals surface area contributed by atoms with E-state index >= 15 is 0 Å². The number of hydrogen-bond donors (Lipinski definition) is 0. The second kappa shape index (κ2) is 5.61. The van der Waals surface area contributed by atoms with E-state index in [1.54, 1.807) is 0 Å². The Morgan fingerprint density at radius 2 is 1.78 bits per heavy atom. The van der Waals surface area contributed by atoms with E-state index in [1.165, 1.54) is 5.56 Å². The van der Waals surface area contributed by atoms with Gasteiger partial charge in [0, 0.05) is 5.39 Å². The van der Waals surface area contributed by atoms with Gasteiger partial charge in [-0.1, -0.05) is 35.9 Å². The van der Waals surface area contributed by atoms with Crippen LogP contribution in [-0.4, -0.2) is 10.2 Å². The second-order valence-electron chi connectivity index (χ2n) is 5.25.